The molecule has 8 nitrogen and oxygen atoms in total. The van der Waals surface area contributed by atoms with E-state index in [-0.39, 0.29) is 42.5 Å². The number of carbonyl (C=O) groups excluding carboxylic acids is 2. The number of carbonyl (C=O) groups is 2. The van der Waals surface area contributed by atoms with Crippen molar-refractivity contribution in [3.8, 4) is 5.69 Å². The van der Waals surface area contributed by atoms with E-state index in [9.17, 15) is 22.8 Å². The number of halogens is 3. The molecule has 0 atom stereocenters. The molecule has 2 amide bonds. The molecule has 0 saturated heterocycles. The minimum Gasteiger partial charge on any atom is -0.337 e. The fourth-order valence-electron chi connectivity index (χ4n) is 4.75. The molecular weight excluding hydrogens is 509 g/mol. The Labute approximate surface area is 223 Å². The van der Waals surface area contributed by atoms with Gasteiger partial charge in [0, 0.05) is 61.2 Å². The first-order valence-corrected chi connectivity index (χ1v) is 12.4. The normalized spacial score (nSPS) is 13.9. The lowest BCUT2D eigenvalue weighted by Gasteiger charge is -2.33. The molecular formula is C28H27F3N6O2. The second-order valence-corrected chi connectivity index (χ2v) is 10.6. The lowest BCUT2D eigenvalue weighted by Crippen LogP contribution is -2.42. The molecule has 3 heterocycles. The van der Waals surface area contributed by atoms with Gasteiger partial charge in [0.1, 0.15) is 0 Å². The number of alkyl halides is 3. The van der Waals surface area contributed by atoms with Gasteiger partial charge in [-0.25, -0.2) is 4.68 Å². The van der Waals surface area contributed by atoms with Crippen molar-refractivity contribution in [2.45, 2.75) is 39.9 Å². The topological polar surface area (TPSA) is 84.2 Å². The maximum absolute atomic E-state index is 14.0. The van der Waals surface area contributed by atoms with Gasteiger partial charge in [-0.2, -0.15) is 18.3 Å². The van der Waals surface area contributed by atoms with Crippen LogP contribution in [0.2, 0.25) is 0 Å². The van der Waals surface area contributed by atoms with E-state index < -0.39 is 17.3 Å². The number of fused-ring (bicyclic) bond motifs is 2. The Hall–Kier alpha value is -4.28. The van der Waals surface area contributed by atoms with Crippen LogP contribution in [0, 0.1) is 5.41 Å². The van der Waals surface area contributed by atoms with Crippen molar-refractivity contribution >= 4 is 28.5 Å². The highest BCUT2D eigenvalue weighted by molar-refractivity contribution is 6.06. The number of benzene rings is 2. The molecule has 1 aliphatic rings. The van der Waals surface area contributed by atoms with Crippen LogP contribution in [0.3, 0.4) is 0 Å². The molecule has 2 aromatic heterocycles. The van der Waals surface area contributed by atoms with Crippen LogP contribution in [0.15, 0.2) is 54.9 Å². The largest absolute Gasteiger partial charge is 0.435 e. The van der Waals surface area contributed by atoms with Crippen molar-refractivity contribution in [2.75, 3.05) is 18.5 Å². The second kappa shape index (κ2) is 9.48. The average molecular weight is 537 g/mol. The Balaban J connectivity index is 1.49. The summed E-state index contributed by atoms with van der Waals surface area (Å²) in [5.74, 6) is -0.566. The van der Waals surface area contributed by atoms with E-state index in [1.165, 1.54) is 20.5 Å². The van der Waals surface area contributed by atoms with E-state index in [4.69, 9.17) is 0 Å². The zero-order valence-electron chi connectivity index (χ0n) is 22.0. The Morgan fingerprint density at radius 3 is 2.38 bits per heavy atom. The summed E-state index contributed by atoms with van der Waals surface area (Å²) >= 11 is 0. The van der Waals surface area contributed by atoms with Crippen LogP contribution >= 0.6 is 0 Å². The monoisotopic (exact) mass is 536 g/mol. The number of hydrogen-bond acceptors (Lipinski definition) is 5. The van der Waals surface area contributed by atoms with E-state index in [1.807, 2.05) is 0 Å². The van der Waals surface area contributed by atoms with E-state index in [2.05, 4.69) is 15.1 Å². The van der Waals surface area contributed by atoms with Crippen molar-refractivity contribution in [3.05, 3.63) is 77.4 Å². The highest BCUT2D eigenvalue weighted by Gasteiger charge is 2.42. The molecule has 0 N–H and O–H groups in total. The molecule has 0 spiro atoms. The number of aromatic nitrogens is 4. The standard InChI is InChI=1S/C28H27F3N6O2/c1-27(2,3)26(39)36-13-10-23-20(16-36)24(28(29,30)31)34-37(23)19-7-5-6-17(14-19)25(38)35(4)18-8-9-21-22(15-18)33-12-11-32-21/h5-9,11-12,14-15H,10,13,16H2,1-4H3. The van der Waals surface area contributed by atoms with E-state index in [0.717, 1.165) is 0 Å². The number of nitrogens with zero attached hydrogens (tertiary/aromatic N) is 6. The molecule has 1 aliphatic heterocycles. The van der Waals surface area contributed by atoms with Crippen LogP contribution in [0.25, 0.3) is 16.7 Å². The van der Waals surface area contributed by atoms with Crippen molar-refractivity contribution < 1.29 is 22.8 Å². The van der Waals surface area contributed by atoms with E-state index in [0.29, 0.717) is 28.1 Å². The van der Waals surface area contributed by atoms with Crippen molar-refractivity contribution in [1.29, 1.82) is 0 Å². The van der Waals surface area contributed by atoms with Gasteiger partial charge in [-0.15, -0.1) is 0 Å². The summed E-state index contributed by atoms with van der Waals surface area (Å²) in [5, 5.41) is 3.94. The second-order valence-electron chi connectivity index (χ2n) is 10.6. The fraction of sp³-hybridized carbons (Fsp3) is 0.321. The Kier molecular flexibility index (Phi) is 6.40. The molecule has 0 radical (unpaired) electrons. The third-order valence-corrected chi connectivity index (χ3v) is 6.74. The molecule has 5 rings (SSSR count). The fourth-order valence-corrected chi connectivity index (χ4v) is 4.75. The zero-order valence-corrected chi connectivity index (χ0v) is 22.0. The van der Waals surface area contributed by atoms with Gasteiger partial charge in [0.05, 0.1) is 22.4 Å². The summed E-state index contributed by atoms with van der Waals surface area (Å²) in [4.78, 5) is 37.6. The molecule has 202 valence electrons. The first kappa shape index (κ1) is 26.3. The minimum atomic E-state index is -4.70. The number of anilines is 1. The molecule has 4 aromatic rings. The maximum Gasteiger partial charge on any atom is 0.435 e. The van der Waals surface area contributed by atoms with E-state index >= 15 is 0 Å². The smallest absolute Gasteiger partial charge is 0.337 e. The van der Waals surface area contributed by atoms with Gasteiger partial charge >= 0.3 is 6.18 Å². The minimum absolute atomic E-state index is 0.0162. The van der Waals surface area contributed by atoms with Crippen LogP contribution < -0.4 is 4.90 Å². The van der Waals surface area contributed by atoms with Crippen molar-refractivity contribution in [2.24, 2.45) is 5.41 Å². The highest BCUT2D eigenvalue weighted by atomic mass is 19.4. The van der Waals surface area contributed by atoms with Gasteiger partial charge in [-0.05, 0) is 36.4 Å². The Morgan fingerprint density at radius 2 is 1.69 bits per heavy atom. The van der Waals surface area contributed by atoms with Crippen LogP contribution in [0.5, 0.6) is 0 Å². The van der Waals surface area contributed by atoms with Crippen molar-refractivity contribution in [1.82, 2.24) is 24.6 Å². The van der Waals surface area contributed by atoms with Crippen LogP contribution in [-0.2, 0) is 23.9 Å². The third-order valence-electron chi connectivity index (χ3n) is 6.74. The summed E-state index contributed by atoms with van der Waals surface area (Å²) in [6.07, 6.45) is -1.34. The van der Waals surface area contributed by atoms with Gasteiger partial charge in [0.15, 0.2) is 5.69 Å². The van der Waals surface area contributed by atoms with Gasteiger partial charge in [0.25, 0.3) is 5.91 Å². The summed E-state index contributed by atoms with van der Waals surface area (Å²) in [5.41, 5.74) is 1.16. The summed E-state index contributed by atoms with van der Waals surface area (Å²) < 4.78 is 43.3. The average Bonchev–Trinajstić information content (AvgIpc) is 3.30. The van der Waals surface area contributed by atoms with Crippen LogP contribution in [0.4, 0.5) is 18.9 Å². The number of rotatable bonds is 3. The zero-order chi connectivity index (χ0) is 28.1. The highest BCUT2D eigenvalue weighted by Crippen LogP contribution is 2.37. The first-order valence-electron chi connectivity index (χ1n) is 12.4. The predicted molar refractivity (Wildman–Crippen MR) is 139 cm³/mol. The maximum atomic E-state index is 14.0. The molecule has 0 aliphatic carbocycles. The summed E-state index contributed by atoms with van der Waals surface area (Å²) in [6, 6.07) is 11.6. The lowest BCUT2D eigenvalue weighted by molar-refractivity contribution is -0.145. The molecule has 0 saturated carbocycles. The van der Waals surface area contributed by atoms with E-state index in [1.54, 1.807) is 76.6 Å². The van der Waals surface area contributed by atoms with Crippen molar-refractivity contribution in [3.63, 3.8) is 0 Å². The molecule has 0 unspecified atom stereocenters. The molecule has 0 bridgehead atoms. The molecule has 2 aromatic carbocycles. The van der Waals surface area contributed by atoms with Gasteiger partial charge in [0.2, 0.25) is 5.91 Å². The molecule has 39 heavy (non-hydrogen) atoms. The third kappa shape index (κ3) is 4.96. The van der Waals surface area contributed by atoms with Crippen LogP contribution in [0.1, 0.15) is 48.1 Å². The number of hydrogen-bond donors (Lipinski definition) is 0. The molecule has 11 heteroatoms. The summed E-state index contributed by atoms with van der Waals surface area (Å²) in [7, 11) is 1.62. The molecule has 0 fully saturated rings. The van der Waals surface area contributed by atoms with Crippen LogP contribution in [-0.4, -0.2) is 50.1 Å². The Bertz CT molecular complexity index is 1590. The SMILES string of the molecule is CN(C(=O)c1cccc(-n2nc(C(F)(F)F)c3c2CCN(C(=O)C(C)(C)C)C3)c1)c1ccc2nccnc2c1. The summed E-state index contributed by atoms with van der Waals surface area (Å²) in [6.45, 7) is 5.32. The first-order chi connectivity index (χ1) is 18.3. The lowest BCUT2D eigenvalue weighted by atomic mass is 9.93. The quantitative estimate of drug-likeness (QED) is 0.366. The van der Waals surface area contributed by atoms with Gasteiger partial charge in [-0.3, -0.25) is 19.6 Å². The number of amides is 2. The van der Waals surface area contributed by atoms with Gasteiger partial charge in [-0.1, -0.05) is 26.8 Å². The Morgan fingerprint density at radius 1 is 0.974 bits per heavy atom. The predicted octanol–water partition coefficient (Wildman–Crippen LogP) is 5.04. The van der Waals surface area contributed by atoms with Gasteiger partial charge < -0.3 is 9.80 Å².